The zero-order valence-electron chi connectivity index (χ0n) is 24.0. The van der Waals surface area contributed by atoms with E-state index in [0.29, 0.717) is 57.6 Å². The molecule has 1 heterocycles. The molecule has 216 valence electrons. The topological polar surface area (TPSA) is 86.2 Å². The van der Waals surface area contributed by atoms with Crippen molar-refractivity contribution in [3.05, 3.63) is 112 Å². The van der Waals surface area contributed by atoms with Crippen molar-refractivity contribution in [2.45, 2.75) is 13.5 Å². The third kappa shape index (κ3) is 6.74. The van der Waals surface area contributed by atoms with Gasteiger partial charge in [0, 0.05) is 17.3 Å². The van der Waals surface area contributed by atoms with Crippen LogP contribution in [0.3, 0.4) is 0 Å². The Balaban J connectivity index is 1.53. The van der Waals surface area contributed by atoms with Gasteiger partial charge in [0.25, 0.3) is 0 Å². The Bertz CT molecular complexity index is 1760. The monoisotopic (exact) mass is 636 g/mol. The Hall–Kier alpha value is -5.00. The molecule has 4 aromatic carbocycles. The second-order valence-corrected chi connectivity index (χ2v) is 10.2. The van der Waals surface area contributed by atoms with Gasteiger partial charge in [0.2, 0.25) is 5.88 Å². The highest BCUT2D eigenvalue weighted by molar-refractivity contribution is 9.10. The van der Waals surface area contributed by atoms with Crippen molar-refractivity contribution in [3.63, 3.8) is 0 Å². The standard InChI is InChI=1S/C35H29BrN2O5/c1-4-41-31-19-24(18-30(36)34(31)42-22-23-8-6-5-7-9-23)21-38-35-29(20-37)32(25-10-14-27(39-2)15-11-25)33(43-35)26-12-16-28(40-3)17-13-26/h5-19,21H,4,22H2,1-3H3/b38-21+. The van der Waals surface area contributed by atoms with Gasteiger partial charge in [0.1, 0.15) is 35.5 Å². The van der Waals surface area contributed by atoms with Crippen LogP contribution in [-0.4, -0.2) is 27.0 Å². The number of aliphatic imine (C=N–C) groups is 1. The van der Waals surface area contributed by atoms with Gasteiger partial charge in [-0.25, -0.2) is 4.99 Å². The number of hydrogen-bond acceptors (Lipinski definition) is 7. The van der Waals surface area contributed by atoms with E-state index in [2.05, 4.69) is 27.0 Å². The van der Waals surface area contributed by atoms with E-state index in [9.17, 15) is 5.26 Å². The molecule has 0 saturated heterocycles. The molecular formula is C35H29BrN2O5. The fourth-order valence-electron chi connectivity index (χ4n) is 4.52. The molecule has 5 rings (SSSR count). The third-order valence-electron chi connectivity index (χ3n) is 6.62. The summed E-state index contributed by atoms with van der Waals surface area (Å²) in [6.45, 7) is 2.77. The van der Waals surface area contributed by atoms with Crippen molar-refractivity contribution in [2.75, 3.05) is 20.8 Å². The Morgan fingerprint density at radius 1 is 0.860 bits per heavy atom. The van der Waals surface area contributed by atoms with Crippen LogP contribution in [0.25, 0.3) is 22.5 Å². The van der Waals surface area contributed by atoms with Gasteiger partial charge >= 0.3 is 0 Å². The van der Waals surface area contributed by atoms with Crippen LogP contribution in [0, 0.1) is 11.3 Å². The van der Waals surface area contributed by atoms with Gasteiger partial charge in [0.15, 0.2) is 11.5 Å². The number of methoxy groups -OCH3 is 2. The molecule has 0 spiro atoms. The third-order valence-corrected chi connectivity index (χ3v) is 7.21. The lowest BCUT2D eigenvalue weighted by Gasteiger charge is -2.14. The van der Waals surface area contributed by atoms with Crippen LogP contribution in [0.5, 0.6) is 23.0 Å². The van der Waals surface area contributed by atoms with Crippen molar-refractivity contribution in [1.82, 2.24) is 0 Å². The average Bonchev–Trinajstić information content (AvgIpc) is 3.42. The zero-order valence-corrected chi connectivity index (χ0v) is 25.6. The summed E-state index contributed by atoms with van der Waals surface area (Å²) < 4.78 is 29.7. The van der Waals surface area contributed by atoms with Crippen LogP contribution in [0.1, 0.15) is 23.6 Å². The number of furan rings is 1. The first kappa shape index (κ1) is 29.5. The average molecular weight is 638 g/mol. The Morgan fingerprint density at radius 3 is 2.12 bits per heavy atom. The summed E-state index contributed by atoms with van der Waals surface area (Å²) in [5.41, 5.74) is 4.33. The minimum Gasteiger partial charge on any atom is -0.497 e. The van der Waals surface area contributed by atoms with Crippen LogP contribution in [-0.2, 0) is 6.61 Å². The van der Waals surface area contributed by atoms with Crippen LogP contribution >= 0.6 is 15.9 Å². The number of nitriles is 1. The molecule has 0 aliphatic rings. The lowest BCUT2D eigenvalue weighted by molar-refractivity contribution is 0.267. The second kappa shape index (κ2) is 13.8. The molecule has 8 heteroatoms. The van der Waals surface area contributed by atoms with E-state index in [1.165, 1.54) is 0 Å². The molecule has 0 aliphatic carbocycles. The number of hydrogen-bond donors (Lipinski definition) is 0. The molecule has 0 amide bonds. The van der Waals surface area contributed by atoms with E-state index in [1.54, 1.807) is 20.4 Å². The fourth-order valence-corrected chi connectivity index (χ4v) is 5.10. The van der Waals surface area contributed by atoms with Gasteiger partial charge in [-0.05, 0) is 88.1 Å². The van der Waals surface area contributed by atoms with Gasteiger partial charge in [-0.1, -0.05) is 42.5 Å². The molecule has 7 nitrogen and oxygen atoms in total. The first-order chi connectivity index (χ1) is 21.0. The van der Waals surface area contributed by atoms with Crippen molar-refractivity contribution in [3.8, 4) is 51.5 Å². The highest BCUT2D eigenvalue weighted by Gasteiger charge is 2.23. The minimum absolute atomic E-state index is 0.192. The Kier molecular flexibility index (Phi) is 9.45. The molecular weight excluding hydrogens is 608 g/mol. The van der Waals surface area contributed by atoms with Gasteiger partial charge in [-0.2, -0.15) is 5.26 Å². The predicted octanol–water partition coefficient (Wildman–Crippen LogP) is 8.99. The second-order valence-electron chi connectivity index (χ2n) is 9.35. The molecule has 0 saturated carbocycles. The van der Waals surface area contributed by atoms with Crippen LogP contribution < -0.4 is 18.9 Å². The SMILES string of the molecule is CCOc1cc(/C=N/c2oc(-c3ccc(OC)cc3)c(-c3ccc(OC)cc3)c2C#N)cc(Br)c1OCc1ccccc1. The van der Waals surface area contributed by atoms with E-state index in [-0.39, 0.29) is 5.88 Å². The maximum Gasteiger partial charge on any atom is 0.238 e. The van der Waals surface area contributed by atoms with Crippen LogP contribution in [0.15, 0.2) is 105 Å². The van der Waals surface area contributed by atoms with E-state index in [4.69, 9.17) is 23.4 Å². The molecule has 0 aliphatic heterocycles. The Labute approximate surface area is 259 Å². The number of benzene rings is 4. The molecule has 0 bridgehead atoms. The molecule has 1 aromatic heterocycles. The number of ether oxygens (including phenoxy) is 4. The highest BCUT2D eigenvalue weighted by Crippen LogP contribution is 2.43. The van der Waals surface area contributed by atoms with Crippen LogP contribution in [0.4, 0.5) is 5.88 Å². The van der Waals surface area contributed by atoms with Crippen LogP contribution in [0.2, 0.25) is 0 Å². The molecule has 0 unspecified atom stereocenters. The summed E-state index contributed by atoms with van der Waals surface area (Å²) in [7, 11) is 3.23. The molecule has 5 aromatic rings. The van der Waals surface area contributed by atoms with E-state index < -0.39 is 0 Å². The maximum atomic E-state index is 10.3. The molecule has 0 N–H and O–H groups in total. The normalized spacial score (nSPS) is 10.9. The zero-order chi connectivity index (χ0) is 30.2. The van der Waals surface area contributed by atoms with Gasteiger partial charge in [-0.15, -0.1) is 0 Å². The van der Waals surface area contributed by atoms with Crippen molar-refractivity contribution in [1.29, 1.82) is 5.26 Å². The molecule has 0 radical (unpaired) electrons. The largest absolute Gasteiger partial charge is 0.497 e. The van der Waals surface area contributed by atoms with E-state index in [0.717, 1.165) is 22.3 Å². The fraction of sp³-hybridized carbons (Fsp3) is 0.143. The summed E-state index contributed by atoms with van der Waals surface area (Å²) in [4.78, 5) is 4.63. The maximum absolute atomic E-state index is 10.3. The van der Waals surface area contributed by atoms with Crippen molar-refractivity contribution < 1.29 is 23.4 Å². The van der Waals surface area contributed by atoms with E-state index in [1.807, 2.05) is 97.9 Å². The van der Waals surface area contributed by atoms with Crippen molar-refractivity contribution in [2.24, 2.45) is 4.99 Å². The van der Waals surface area contributed by atoms with E-state index >= 15 is 0 Å². The highest BCUT2D eigenvalue weighted by atomic mass is 79.9. The molecule has 43 heavy (non-hydrogen) atoms. The number of nitrogens with zero attached hydrogens (tertiary/aromatic N) is 2. The smallest absolute Gasteiger partial charge is 0.238 e. The molecule has 0 fully saturated rings. The van der Waals surface area contributed by atoms with Crippen molar-refractivity contribution >= 4 is 28.0 Å². The summed E-state index contributed by atoms with van der Waals surface area (Å²) in [5, 5.41) is 10.3. The lowest BCUT2D eigenvalue weighted by Crippen LogP contribution is -2.01. The van der Waals surface area contributed by atoms with Gasteiger partial charge < -0.3 is 23.4 Å². The summed E-state index contributed by atoms with van der Waals surface area (Å²) in [5.74, 6) is 3.32. The first-order valence-electron chi connectivity index (χ1n) is 13.6. The number of halogens is 1. The minimum atomic E-state index is 0.192. The summed E-state index contributed by atoms with van der Waals surface area (Å²) in [6.07, 6.45) is 1.64. The Morgan fingerprint density at radius 2 is 1.51 bits per heavy atom. The summed E-state index contributed by atoms with van der Waals surface area (Å²) >= 11 is 3.63. The molecule has 0 atom stereocenters. The summed E-state index contributed by atoms with van der Waals surface area (Å²) in [6, 6.07) is 30.9. The lowest BCUT2D eigenvalue weighted by atomic mass is 9.98. The number of rotatable bonds is 11. The quantitative estimate of drug-likeness (QED) is 0.134. The first-order valence-corrected chi connectivity index (χ1v) is 14.4. The van der Waals surface area contributed by atoms with Gasteiger partial charge in [0.05, 0.1) is 25.3 Å². The predicted molar refractivity (Wildman–Crippen MR) is 171 cm³/mol. The van der Waals surface area contributed by atoms with Gasteiger partial charge in [-0.3, -0.25) is 0 Å².